The van der Waals surface area contributed by atoms with Crippen LogP contribution < -0.4 is 10.6 Å². The van der Waals surface area contributed by atoms with E-state index in [1.54, 1.807) is 0 Å². The molecule has 0 bridgehead atoms. The van der Waals surface area contributed by atoms with Gasteiger partial charge in [-0.1, -0.05) is 50.2 Å². The molecule has 0 saturated carbocycles. The van der Waals surface area contributed by atoms with E-state index in [0.29, 0.717) is 6.54 Å². The Labute approximate surface area is 155 Å². The number of H-pyrrole nitrogens is 1. The summed E-state index contributed by atoms with van der Waals surface area (Å²) in [6.45, 7) is 5.32. The van der Waals surface area contributed by atoms with Gasteiger partial charge in [-0.2, -0.15) is 0 Å². The van der Waals surface area contributed by atoms with Crippen LogP contribution in [0.3, 0.4) is 0 Å². The van der Waals surface area contributed by atoms with Gasteiger partial charge in [0.1, 0.15) is 0 Å². The number of amides is 1. The number of fused-ring (bicyclic) bond motifs is 1. The minimum Gasteiger partial charge on any atom is -0.361 e. The van der Waals surface area contributed by atoms with Gasteiger partial charge in [0.15, 0.2) is 0 Å². The highest BCUT2D eigenvalue weighted by Crippen LogP contribution is 2.22. The van der Waals surface area contributed by atoms with Crippen LogP contribution in [0.1, 0.15) is 30.5 Å². The van der Waals surface area contributed by atoms with Crippen molar-refractivity contribution in [1.29, 1.82) is 0 Å². The van der Waals surface area contributed by atoms with Gasteiger partial charge in [0.05, 0.1) is 6.54 Å². The number of aryl methyl sites for hydroxylation is 2. The number of aromatic amines is 1. The van der Waals surface area contributed by atoms with Crippen molar-refractivity contribution in [1.82, 2.24) is 10.3 Å². The summed E-state index contributed by atoms with van der Waals surface area (Å²) >= 11 is 0. The van der Waals surface area contributed by atoms with E-state index >= 15 is 0 Å². The standard InChI is InChI=1S/C22H27N3O/c1-3-16-8-7-9-17(4-2)22(16)25-21(26)15-23-13-12-18-14-24-20-11-6-5-10-19(18)20/h5-11,14,23-24H,3-4,12-13,15H2,1-2H3,(H,25,26). The molecule has 3 rings (SSSR count). The lowest BCUT2D eigenvalue weighted by atomic mass is 10.0. The number of carbonyl (C=O) groups excluding carboxylic acids is 1. The molecule has 1 heterocycles. The molecule has 136 valence electrons. The van der Waals surface area contributed by atoms with Gasteiger partial charge in [-0.15, -0.1) is 0 Å². The van der Waals surface area contributed by atoms with E-state index in [0.717, 1.165) is 37.0 Å². The number of hydrogen-bond donors (Lipinski definition) is 3. The van der Waals surface area contributed by atoms with Crippen molar-refractivity contribution in [3.63, 3.8) is 0 Å². The highest BCUT2D eigenvalue weighted by Gasteiger charge is 2.10. The first-order valence-corrected chi connectivity index (χ1v) is 9.39. The molecule has 0 saturated heterocycles. The van der Waals surface area contributed by atoms with Gasteiger partial charge >= 0.3 is 0 Å². The Bertz CT molecular complexity index is 860. The topological polar surface area (TPSA) is 56.9 Å². The van der Waals surface area contributed by atoms with Crippen molar-refractivity contribution < 1.29 is 4.79 Å². The minimum absolute atomic E-state index is 0.0135. The van der Waals surface area contributed by atoms with Crippen LogP contribution >= 0.6 is 0 Å². The van der Waals surface area contributed by atoms with Gasteiger partial charge in [-0.25, -0.2) is 0 Å². The van der Waals surface area contributed by atoms with E-state index in [4.69, 9.17) is 0 Å². The smallest absolute Gasteiger partial charge is 0.238 e. The van der Waals surface area contributed by atoms with Crippen molar-refractivity contribution in [3.8, 4) is 0 Å². The quantitative estimate of drug-likeness (QED) is 0.537. The van der Waals surface area contributed by atoms with Crippen LogP contribution in [-0.4, -0.2) is 24.0 Å². The largest absolute Gasteiger partial charge is 0.361 e. The fourth-order valence-corrected chi connectivity index (χ4v) is 3.35. The average Bonchev–Trinajstić information content (AvgIpc) is 3.08. The average molecular weight is 349 g/mol. The number of aromatic nitrogens is 1. The van der Waals surface area contributed by atoms with E-state index < -0.39 is 0 Å². The predicted octanol–water partition coefficient (Wildman–Crippen LogP) is 4.06. The molecule has 1 aromatic heterocycles. The zero-order chi connectivity index (χ0) is 18.4. The van der Waals surface area contributed by atoms with Gasteiger partial charge in [0.2, 0.25) is 5.91 Å². The van der Waals surface area contributed by atoms with Crippen molar-refractivity contribution in [2.45, 2.75) is 33.1 Å². The SMILES string of the molecule is CCc1cccc(CC)c1NC(=O)CNCCc1c[nH]c2ccccc12. The van der Waals surface area contributed by atoms with Crippen LogP contribution in [0.15, 0.2) is 48.7 Å². The fourth-order valence-electron chi connectivity index (χ4n) is 3.35. The van der Waals surface area contributed by atoms with Crippen LogP contribution in [0.5, 0.6) is 0 Å². The number of rotatable bonds is 8. The van der Waals surface area contributed by atoms with Crippen molar-refractivity contribution in [2.24, 2.45) is 0 Å². The summed E-state index contributed by atoms with van der Waals surface area (Å²) in [6.07, 6.45) is 4.77. The Morgan fingerprint density at radius 2 is 1.69 bits per heavy atom. The number of nitrogens with one attached hydrogen (secondary N) is 3. The van der Waals surface area contributed by atoms with Crippen molar-refractivity contribution in [2.75, 3.05) is 18.4 Å². The lowest BCUT2D eigenvalue weighted by Crippen LogP contribution is -2.30. The molecule has 0 aliphatic heterocycles. The summed E-state index contributed by atoms with van der Waals surface area (Å²) in [6, 6.07) is 14.5. The molecule has 0 fully saturated rings. The second-order valence-electron chi connectivity index (χ2n) is 6.49. The molecule has 4 nitrogen and oxygen atoms in total. The second kappa shape index (κ2) is 8.68. The van der Waals surface area contributed by atoms with Crippen LogP contribution in [0.2, 0.25) is 0 Å². The zero-order valence-electron chi connectivity index (χ0n) is 15.6. The summed E-state index contributed by atoms with van der Waals surface area (Å²) in [4.78, 5) is 15.6. The first-order chi connectivity index (χ1) is 12.7. The Kier molecular flexibility index (Phi) is 6.08. The van der Waals surface area contributed by atoms with Gasteiger partial charge in [-0.05, 0) is 48.6 Å². The first kappa shape index (κ1) is 18.2. The third kappa shape index (κ3) is 4.14. The Balaban J connectivity index is 1.52. The normalized spacial score (nSPS) is 11.0. The maximum absolute atomic E-state index is 12.3. The minimum atomic E-state index is 0.0135. The monoisotopic (exact) mass is 349 g/mol. The molecule has 0 atom stereocenters. The summed E-state index contributed by atoms with van der Waals surface area (Å²) in [7, 11) is 0. The van der Waals surface area contributed by atoms with Crippen molar-refractivity contribution in [3.05, 3.63) is 65.4 Å². The van der Waals surface area contributed by atoms with Gasteiger partial charge in [0.25, 0.3) is 0 Å². The third-order valence-corrected chi connectivity index (χ3v) is 4.79. The number of anilines is 1. The van der Waals surface area contributed by atoms with E-state index in [1.807, 2.05) is 6.07 Å². The summed E-state index contributed by atoms with van der Waals surface area (Å²) < 4.78 is 0. The fraction of sp³-hybridized carbons (Fsp3) is 0.318. The van der Waals surface area contributed by atoms with Crippen LogP contribution in [0.25, 0.3) is 10.9 Å². The van der Waals surface area contributed by atoms with E-state index in [9.17, 15) is 4.79 Å². The molecule has 3 aromatic rings. The van der Waals surface area contributed by atoms with Crippen LogP contribution in [0, 0.1) is 0 Å². The number of hydrogen-bond acceptors (Lipinski definition) is 2. The summed E-state index contributed by atoms with van der Waals surface area (Å²) in [5.41, 5.74) is 5.80. The molecule has 2 aromatic carbocycles. The summed E-state index contributed by atoms with van der Waals surface area (Å²) in [5.74, 6) is 0.0135. The molecular formula is C22H27N3O. The molecule has 0 spiro atoms. The molecule has 1 amide bonds. The molecule has 0 radical (unpaired) electrons. The Morgan fingerprint density at radius 3 is 2.42 bits per heavy atom. The van der Waals surface area contributed by atoms with Crippen LogP contribution in [0.4, 0.5) is 5.69 Å². The van der Waals surface area contributed by atoms with Gasteiger partial charge in [-0.3, -0.25) is 4.79 Å². The van der Waals surface area contributed by atoms with E-state index in [-0.39, 0.29) is 5.91 Å². The Morgan fingerprint density at radius 1 is 0.962 bits per heavy atom. The van der Waals surface area contributed by atoms with E-state index in [2.05, 4.69) is 72.1 Å². The first-order valence-electron chi connectivity index (χ1n) is 9.39. The van der Waals surface area contributed by atoms with Gasteiger partial charge < -0.3 is 15.6 Å². The number of para-hydroxylation sites is 2. The highest BCUT2D eigenvalue weighted by molar-refractivity contribution is 5.93. The molecule has 26 heavy (non-hydrogen) atoms. The third-order valence-electron chi connectivity index (χ3n) is 4.79. The second-order valence-corrected chi connectivity index (χ2v) is 6.49. The molecular weight excluding hydrogens is 322 g/mol. The maximum atomic E-state index is 12.3. The molecule has 3 N–H and O–H groups in total. The molecule has 0 aliphatic carbocycles. The molecule has 4 heteroatoms. The predicted molar refractivity (Wildman–Crippen MR) is 109 cm³/mol. The molecule has 0 aliphatic rings. The maximum Gasteiger partial charge on any atom is 0.238 e. The molecule has 0 unspecified atom stereocenters. The number of carbonyl (C=O) groups is 1. The van der Waals surface area contributed by atoms with Gasteiger partial charge in [0, 0.05) is 22.8 Å². The lowest BCUT2D eigenvalue weighted by molar-refractivity contribution is -0.115. The van der Waals surface area contributed by atoms with Crippen molar-refractivity contribution >= 4 is 22.5 Å². The van der Waals surface area contributed by atoms with E-state index in [1.165, 1.54) is 22.1 Å². The zero-order valence-corrected chi connectivity index (χ0v) is 15.6. The summed E-state index contributed by atoms with van der Waals surface area (Å²) in [5, 5.41) is 7.61. The Hall–Kier alpha value is -2.59. The number of benzene rings is 2. The lowest BCUT2D eigenvalue weighted by Gasteiger charge is -2.14. The van der Waals surface area contributed by atoms with Crippen LogP contribution in [-0.2, 0) is 24.1 Å². The highest BCUT2D eigenvalue weighted by atomic mass is 16.1.